The van der Waals surface area contributed by atoms with Crippen LogP contribution in [0.5, 0.6) is 0 Å². The molecule has 0 aliphatic heterocycles. The van der Waals surface area contributed by atoms with Crippen LogP contribution >= 0.6 is 0 Å². The molecule has 0 atom stereocenters. The van der Waals surface area contributed by atoms with Crippen LogP contribution in [0.4, 0.5) is 0 Å². The number of aromatic nitrogens is 1. The summed E-state index contributed by atoms with van der Waals surface area (Å²) in [7, 11) is 2.00. The second kappa shape index (κ2) is 4.51. The first-order valence-electron chi connectivity index (χ1n) is 5.62. The van der Waals surface area contributed by atoms with Crippen LogP contribution in [0.25, 0.3) is 0 Å². The topological polar surface area (TPSA) is 54.5 Å². The lowest BCUT2D eigenvalue weighted by Crippen LogP contribution is -2.35. The van der Waals surface area contributed by atoms with Crippen LogP contribution in [0.3, 0.4) is 0 Å². The van der Waals surface area contributed by atoms with E-state index < -0.39 is 0 Å². The van der Waals surface area contributed by atoms with E-state index in [0.29, 0.717) is 18.5 Å². The standard InChI is InChI=1S/C12H18N4/c1-9-4-3-5-10(15-9)8-14-12(13)16(2)11-6-7-11/h3-5,11H,6-8H2,1-2H3,(H2,13,14). The molecule has 0 saturated heterocycles. The Labute approximate surface area is 96.2 Å². The van der Waals surface area contributed by atoms with E-state index in [4.69, 9.17) is 5.73 Å². The van der Waals surface area contributed by atoms with Crippen molar-refractivity contribution in [3.63, 3.8) is 0 Å². The average molecular weight is 218 g/mol. The molecule has 4 nitrogen and oxygen atoms in total. The van der Waals surface area contributed by atoms with Crippen molar-refractivity contribution in [2.24, 2.45) is 10.7 Å². The maximum atomic E-state index is 5.89. The Balaban J connectivity index is 1.96. The van der Waals surface area contributed by atoms with Crippen LogP contribution in [-0.2, 0) is 6.54 Å². The first-order valence-corrected chi connectivity index (χ1v) is 5.62. The van der Waals surface area contributed by atoms with Crippen LogP contribution in [0.15, 0.2) is 23.2 Å². The molecule has 0 unspecified atom stereocenters. The average Bonchev–Trinajstić information content (AvgIpc) is 3.09. The molecule has 4 heteroatoms. The molecule has 1 saturated carbocycles. The van der Waals surface area contributed by atoms with E-state index in [2.05, 4.69) is 14.9 Å². The summed E-state index contributed by atoms with van der Waals surface area (Å²) >= 11 is 0. The Morgan fingerprint density at radius 1 is 1.56 bits per heavy atom. The number of hydrogen-bond acceptors (Lipinski definition) is 2. The molecular formula is C12H18N4. The smallest absolute Gasteiger partial charge is 0.191 e. The zero-order valence-corrected chi connectivity index (χ0v) is 9.85. The van der Waals surface area contributed by atoms with Crippen LogP contribution in [0.2, 0.25) is 0 Å². The first kappa shape index (κ1) is 10.9. The fourth-order valence-electron chi connectivity index (χ4n) is 1.61. The maximum Gasteiger partial charge on any atom is 0.191 e. The highest BCUT2D eigenvalue weighted by atomic mass is 15.3. The van der Waals surface area contributed by atoms with E-state index in [1.54, 1.807) is 0 Å². The molecule has 0 radical (unpaired) electrons. The van der Waals surface area contributed by atoms with Crippen molar-refractivity contribution >= 4 is 5.96 Å². The molecule has 1 aliphatic rings. The van der Waals surface area contributed by atoms with Crippen molar-refractivity contribution in [1.29, 1.82) is 0 Å². The molecule has 0 bridgehead atoms. The third-order valence-electron chi connectivity index (χ3n) is 2.81. The minimum absolute atomic E-state index is 0.560. The van der Waals surface area contributed by atoms with Gasteiger partial charge in [0.05, 0.1) is 12.2 Å². The Morgan fingerprint density at radius 3 is 2.94 bits per heavy atom. The second-order valence-electron chi connectivity index (χ2n) is 4.29. The molecule has 16 heavy (non-hydrogen) atoms. The number of aryl methyl sites for hydroxylation is 1. The zero-order chi connectivity index (χ0) is 11.5. The van der Waals surface area contributed by atoms with Gasteiger partial charge in [0.1, 0.15) is 0 Å². The zero-order valence-electron chi connectivity index (χ0n) is 9.85. The minimum Gasteiger partial charge on any atom is -0.370 e. The Hall–Kier alpha value is -1.58. The quantitative estimate of drug-likeness (QED) is 0.614. The molecule has 0 spiro atoms. The van der Waals surface area contributed by atoms with E-state index in [0.717, 1.165) is 11.4 Å². The molecule has 2 rings (SSSR count). The van der Waals surface area contributed by atoms with Crippen LogP contribution in [0.1, 0.15) is 24.2 Å². The first-order chi connectivity index (χ1) is 7.66. The monoisotopic (exact) mass is 218 g/mol. The highest BCUT2D eigenvalue weighted by molar-refractivity contribution is 5.78. The summed E-state index contributed by atoms with van der Waals surface area (Å²) < 4.78 is 0. The second-order valence-corrected chi connectivity index (χ2v) is 4.29. The van der Waals surface area contributed by atoms with Crippen molar-refractivity contribution < 1.29 is 0 Å². The van der Waals surface area contributed by atoms with Gasteiger partial charge in [0.15, 0.2) is 5.96 Å². The van der Waals surface area contributed by atoms with E-state index in [1.165, 1.54) is 12.8 Å². The van der Waals surface area contributed by atoms with Crippen molar-refractivity contribution in [3.8, 4) is 0 Å². The lowest BCUT2D eigenvalue weighted by atomic mass is 10.3. The summed E-state index contributed by atoms with van der Waals surface area (Å²) in [6, 6.07) is 6.55. The summed E-state index contributed by atoms with van der Waals surface area (Å²) in [5.74, 6) is 0.616. The third-order valence-corrected chi connectivity index (χ3v) is 2.81. The van der Waals surface area contributed by atoms with Crippen LogP contribution < -0.4 is 5.73 Å². The molecule has 1 fully saturated rings. The van der Waals surface area contributed by atoms with Gasteiger partial charge in [-0.2, -0.15) is 0 Å². The van der Waals surface area contributed by atoms with Gasteiger partial charge in [-0.15, -0.1) is 0 Å². The molecule has 1 aromatic rings. The molecule has 0 amide bonds. The van der Waals surface area contributed by atoms with E-state index in [1.807, 2.05) is 32.2 Å². The van der Waals surface area contributed by atoms with Gasteiger partial charge in [0, 0.05) is 18.8 Å². The molecular weight excluding hydrogens is 200 g/mol. The number of nitrogens with zero attached hydrogens (tertiary/aromatic N) is 3. The normalized spacial score (nSPS) is 16.2. The molecule has 1 heterocycles. The fraction of sp³-hybridized carbons (Fsp3) is 0.500. The molecule has 2 N–H and O–H groups in total. The van der Waals surface area contributed by atoms with E-state index in [9.17, 15) is 0 Å². The Morgan fingerprint density at radius 2 is 2.31 bits per heavy atom. The van der Waals surface area contributed by atoms with Crippen LogP contribution in [0, 0.1) is 6.92 Å². The lowest BCUT2D eigenvalue weighted by molar-refractivity contribution is 0.487. The summed E-state index contributed by atoms with van der Waals surface area (Å²) in [6.45, 7) is 2.54. The predicted octanol–water partition coefficient (Wildman–Crippen LogP) is 1.30. The lowest BCUT2D eigenvalue weighted by Gasteiger charge is -2.16. The number of hydrogen-bond donors (Lipinski definition) is 1. The summed E-state index contributed by atoms with van der Waals surface area (Å²) in [5.41, 5.74) is 7.87. The number of nitrogens with two attached hydrogens (primary N) is 1. The summed E-state index contributed by atoms with van der Waals surface area (Å²) in [5, 5.41) is 0. The van der Waals surface area contributed by atoms with Gasteiger partial charge in [-0.05, 0) is 31.9 Å². The van der Waals surface area contributed by atoms with E-state index >= 15 is 0 Å². The molecule has 0 aromatic carbocycles. The van der Waals surface area contributed by atoms with Gasteiger partial charge < -0.3 is 10.6 Å². The fourth-order valence-corrected chi connectivity index (χ4v) is 1.61. The van der Waals surface area contributed by atoms with Crippen LogP contribution in [-0.4, -0.2) is 28.9 Å². The van der Waals surface area contributed by atoms with Crippen molar-refractivity contribution in [2.75, 3.05) is 7.05 Å². The van der Waals surface area contributed by atoms with Crippen molar-refractivity contribution in [3.05, 3.63) is 29.6 Å². The third kappa shape index (κ3) is 2.72. The van der Waals surface area contributed by atoms with Gasteiger partial charge in [-0.1, -0.05) is 6.07 Å². The Bertz CT molecular complexity index is 396. The van der Waals surface area contributed by atoms with E-state index in [-0.39, 0.29) is 0 Å². The molecule has 86 valence electrons. The largest absolute Gasteiger partial charge is 0.370 e. The minimum atomic E-state index is 0.560. The molecule has 1 aliphatic carbocycles. The summed E-state index contributed by atoms with van der Waals surface area (Å²) in [6.07, 6.45) is 2.46. The van der Waals surface area contributed by atoms with Crippen molar-refractivity contribution in [1.82, 2.24) is 9.88 Å². The number of aliphatic imine (C=N–C) groups is 1. The Kier molecular flexibility index (Phi) is 3.08. The van der Waals surface area contributed by atoms with Gasteiger partial charge in [-0.25, -0.2) is 4.99 Å². The number of guanidine groups is 1. The highest BCUT2D eigenvalue weighted by Crippen LogP contribution is 2.24. The van der Waals surface area contributed by atoms with Gasteiger partial charge in [0.2, 0.25) is 0 Å². The van der Waals surface area contributed by atoms with Gasteiger partial charge in [-0.3, -0.25) is 4.98 Å². The summed E-state index contributed by atoms with van der Waals surface area (Å²) in [4.78, 5) is 10.8. The number of pyridine rings is 1. The van der Waals surface area contributed by atoms with Gasteiger partial charge in [0.25, 0.3) is 0 Å². The SMILES string of the molecule is Cc1cccc(CN=C(N)N(C)C2CC2)n1. The van der Waals surface area contributed by atoms with Crippen molar-refractivity contribution in [2.45, 2.75) is 32.4 Å². The number of rotatable bonds is 3. The maximum absolute atomic E-state index is 5.89. The molecule has 1 aromatic heterocycles. The van der Waals surface area contributed by atoms with Gasteiger partial charge >= 0.3 is 0 Å². The highest BCUT2D eigenvalue weighted by Gasteiger charge is 2.27. The predicted molar refractivity (Wildman–Crippen MR) is 65.1 cm³/mol.